The number of aromatic nitrogens is 4. The van der Waals surface area contributed by atoms with E-state index in [1.54, 1.807) is 30.3 Å². The number of sulfone groups is 1. The fourth-order valence-corrected chi connectivity index (χ4v) is 4.66. The van der Waals surface area contributed by atoms with E-state index in [2.05, 4.69) is 30.7 Å². The van der Waals surface area contributed by atoms with Crippen LogP contribution in [0, 0.1) is 0 Å². The number of sulfonamides is 1. The van der Waals surface area contributed by atoms with E-state index in [1.807, 2.05) is 0 Å². The molecule has 1 saturated heterocycles. The fraction of sp³-hybridized carbons (Fsp3) is 0.500. The maximum atomic E-state index is 12.0. The van der Waals surface area contributed by atoms with Crippen molar-refractivity contribution in [1.29, 1.82) is 0 Å². The summed E-state index contributed by atoms with van der Waals surface area (Å²) in [6, 6.07) is 6.96. The van der Waals surface area contributed by atoms with Crippen molar-refractivity contribution < 1.29 is 36.6 Å². The van der Waals surface area contributed by atoms with E-state index in [-0.39, 0.29) is 22.7 Å². The van der Waals surface area contributed by atoms with Gasteiger partial charge in [0, 0.05) is 18.3 Å². The van der Waals surface area contributed by atoms with Gasteiger partial charge in [-0.3, -0.25) is 9.59 Å². The smallest absolute Gasteiger partial charge is 0.322 e. The molecule has 1 fully saturated rings. The number of hydrogen-bond acceptors (Lipinski definition) is 11. The number of thioether (sulfide) groups is 1. The number of nitrogens with one attached hydrogen (secondary N) is 3. The summed E-state index contributed by atoms with van der Waals surface area (Å²) in [6.45, 7) is 0.858. The standard InChI is InChI=1S/C11H13N5O4S2.C5H9NO2.C2H6O2S/c17-10(18)9(6-21-11-12-15-16-13-11)14-22(19,20)7-8-4-2-1-3-5-8;7-5(8)4-2-1-3-6-4;1-5(2,3)4/h1-5,9,14H,6-7H2,(H,17,18)(H,12,13,15,16);4,6H,1-3H2,(H,7,8);1-2H3/t9-;4-;/m00./s1. The quantitative estimate of drug-likeness (QED) is 0.244. The van der Waals surface area contributed by atoms with Crippen LogP contribution in [0.5, 0.6) is 0 Å². The van der Waals surface area contributed by atoms with Crippen LogP contribution < -0.4 is 10.0 Å². The molecule has 1 aliphatic rings. The molecule has 0 amide bonds. The Morgan fingerprint density at radius 3 is 2.23 bits per heavy atom. The number of H-pyrrole nitrogens is 1. The van der Waals surface area contributed by atoms with E-state index in [1.165, 1.54) is 0 Å². The number of carboxylic acids is 2. The molecule has 1 aliphatic heterocycles. The van der Waals surface area contributed by atoms with Gasteiger partial charge in [0.25, 0.3) is 0 Å². The molecule has 3 rings (SSSR count). The van der Waals surface area contributed by atoms with E-state index in [9.17, 15) is 26.4 Å². The average Bonchev–Trinajstić information content (AvgIpc) is 3.45. The molecule has 0 bridgehead atoms. The summed E-state index contributed by atoms with van der Waals surface area (Å²) in [5.74, 6) is -2.33. The third-order valence-corrected chi connectivity index (χ3v) is 6.17. The van der Waals surface area contributed by atoms with Gasteiger partial charge in [-0.05, 0) is 30.2 Å². The topological polar surface area (TPSA) is 221 Å². The summed E-state index contributed by atoms with van der Waals surface area (Å²) >= 11 is 0.987. The average molecular weight is 553 g/mol. The monoisotopic (exact) mass is 552 g/mol. The minimum atomic E-state index is -3.78. The molecular weight excluding hydrogens is 524 g/mol. The van der Waals surface area contributed by atoms with Crippen LogP contribution in [0.25, 0.3) is 0 Å². The van der Waals surface area contributed by atoms with E-state index in [4.69, 9.17) is 10.2 Å². The zero-order chi connectivity index (χ0) is 26.5. The van der Waals surface area contributed by atoms with Crippen LogP contribution in [0.4, 0.5) is 0 Å². The second-order valence-corrected chi connectivity index (χ2v) is 12.4. The van der Waals surface area contributed by atoms with Crippen LogP contribution in [0.1, 0.15) is 18.4 Å². The van der Waals surface area contributed by atoms with E-state index < -0.39 is 37.8 Å². The molecule has 196 valence electrons. The number of hydrogen-bond donors (Lipinski definition) is 5. The van der Waals surface area contributed by atoms with Crippen LogP contribution in [-0.4, -0.2) is 96.5 Å². The van der Waals surface area contributed by atoms with Crippen LogP contribution in [-0.2, 0) is 35.2 Å². The molecule has 0 spiro atoms. The van der Waals surface area contributed by atoms with Gasteiger partial charge in [-0.2, -0.15) is 9.94 Å². The molecule has 0 radical (unpaired) electrons. The van der Waals surface area contributed by atoms with E-state index in [0.29, 0.717) is 5.56 Å². The second kappa shape index (κ2) is 14.7. The molecule has 14 nitrogen and oxygen atoms in total. The number of aromatic amines is 1. The number of tetrazole rings is 1. The summed E-state index contributed by atoms with van der Waals surface area (Å²) in [5, 5.41) is 33.5. The minimum absolute atomic E-state index is 0.0527. The molecule has 2 atom stereocenters. The van der Waals surface area contributed by atoms with Gasteiger partial charge >= 0.3 is 11.9 Å². The molecule has 0 unspecified atom stereocenters. The maximum Gasteiger partial charge on any atom is 0.322 e. The molecule has 0 aliphatic carbocycles. The van der Waals surface area contributed by atoms with Crippen molar-refractivity contribution in [3.63, 3.8) is 0 Å². The van der Waals surface area contributed by atoms with Crippen LogP contribution >= 0.6 is 11.8 Å². The van der Waals surface area contributed by atoms with Crippen molar-refractivity contribution in [3.8, 4) is 0 Å². The van der Waals surface area contributed by atoms with Gasteiger partial charge in [0.1, 0.15) is 21.9 Å². The highest BCUT2D eigenvalue weighted by Gasteiger charge is 2.25. The lowest BCUT2D eigenvalue weighted by atomic mass is 10.2. The number of nitrogens with zero attached hydrogens (tertiary/aromatic N) is 3. The molecule has 1 aromatic heterocycles. The Hall–Kier alpha value is -2.60. The summed E-state index contributed by atoms with van der Waals surface area (Å²) in [4.78, 5) is 21.3. The Kier molecular flexibility index (Phi) is 12.8. The normalized spacial score (nSPS) is 16.2. The number of rotatable bonds is 9. The lowest BCUT2D eigenvalue weighted by Crippen LogP contribution is -2.43. The predicted octanol–water partition coefficient (Wildman–Crippen LogP) is -0.652. The maximum absolute atomic E-state index is 12.0. The Morgan fingerprint density at radius 2 is 1.80 bits per heavy atom. The molecule has 35 heavy (non-hydrogen) atoms. The van der Waals surface area contributed by atoms with Gasteiger partial charge in [0.05, 0.1) is 5.75 Å². The van der Waals surface area contributed by atoms with Gasteiger partial charge < -0.3 is 15.5 Å². The number of benzene rings is 1. The zero-order valence-corrected chi connectivity index (χ0v) is 21.4. The summed E-state index contributed by atoms with van der Waals surface area (Å²) in [6.07, 6.45) is 4.10. The zero-order valence-electron chi connectivity index (χ0n) is 19.0. The SMILES string of the molecule is CS(C)(=O)=O.O=C(O)[C@@H]1CCCN1.O=C(O)[C@H](CSc1nn[nH]n1)NS(=O)(=O)Cc1ccccc1. The third kappa shape index (κ3) is 15.1. The van der Waals surface area contributed by atoms with Gasteiger partial charge in [0.2, 0.25) is 15.2 Å². The molecule has 5 N–H and O–H groups in total. The minimum Gasteiger partial charge on any atom is -0.480 e. The molecular formula is C18H28N6O8S3. The summed E-state index contributed by atoms with van der Waals surface area (Å²) < 4.78 is 45.5. The predicted molar refractivity (Wildman–Crippen MR) is 128 cm³/mol. The molecule has 0 saturated carbocycles. The van der Waals surface area contributed by atoms with Gasteiger partial charge in [-0.1, -0.05) is 42.1 Å². The van der Waals surface area contributed by atoms with Crippen LogP contribution in [0.3, 0.4) is 0 Å². The second-order valence-electron chi connectivity index (χ2n) is 7.39. The highest BCUT2D eigenvalue weighted by molar-refractivity contribution is 7.99. The van der Waals surface area contributed by atoms with Crippen LogP contribution in [0.2, 0.25) is 0 Å². The first kappa shape index (κ1) is 30.4. The third-order valence-electron chi connectivity index (χ3n) is 3.88. The van der Waals surface area contributed by atoms with Crippen molar-refractivity contribution in [2.45, 2.75) is 35.8 Å². The number of carbonyl (C=O) groups is 2. The molecule has 1 aromatic carbocycles. The highest BCUT2D eigenvalue weighted by Crippen LogP contribution is 2.13. The fourth-order valence-electron chi connectivity index (χ4n) is 2.47. The Labute approximate surface area is 207 Å². The Balaban J connectivity index is 0.000000385. The Morgan fingerprint density at radius 1 is 1.17 bits per heavy atom. The van der Waals surface area contributed by atoms with Crippen molar-refractivity contribution in [2.24, 2.45) is 0 Å². The van der Waals surface area contributed by atoms with Crippen molar-refractivity contribution in [1.82, 2.24) is 30.7 Å². The first-order valence-corrected chi connectivity index (χ1v) is 14.9. The molecule has 2 heterocycles. The van der Waals surface area contributed by atoms with E-state index >= 15 is 0 Å². The Bertz CT molecular complexity index is 1110. The van der Waals surface area contributed by atoms with Crippen molar-refractivity contribution in [2.75, 3.05) is 24.8 Å². The molecule has 2 aromatic rings. The highest BCUT2D eigenvalue weighted by atomic mass is 32.2. The largest absolute Gasteiger partial charge is 0.480 e. The van der Waals surface area contributed by atoms with Crippen molar-refractivity contribution in [3.05, 3.63) is 35.9 Å². The van der Waals surface area contributed by atoms with E-state index in [0.717, 1.165) is 43.7 Å². The molecule has 17 heteroatoms. The summed E-state index contributed by atoms with van der Waals surface area (Å²) in [7, 11) is -6.44. The van der Waals surface area contributed by atoms with Crippen molar-refractivity contribution >= 4 is 43.6 Å². The van der Waals surface area contributed by atoms with Gasteiger partial charge in [0.15, 0.2) is 0 Å². The van der Waals surface area contributed by atoms with Crippen LogP contribution in [0.15, 0.2) is 35.5 Å². The lowest BCUT2D eigenvalue weighted by molar-refractivity contribution is -0.139. The van der Waals surface area contributed by atoms with Gasteiger partial charge in [-0.15, -0.1) is 10.2 Å². The summed E-state index contributed by atoms with van der Waals surface area (Å²) in [5.41, 5.74) is 0.574. The first-order valence-electron chi connectivity index (χ1n) is 10.0. The first-order chi connectivity index (χ1) is 16.3. The van der Waals surface area contributed by atoms with Gasteiger partial charge in [-0.25, -0.2) is 16.8 Å². The lowest BCUT2D eigenvalue weighted by Gasteiger charge is -2.13. The number of aliphatic carboxylic acids is 2. The number of carboxylic acid groups (broad SMARTS) is 2.